The van der Waals surface area contributed by atoms with Crippen molar-refractivity contribution in [3.8, 4) is 0 Å². The van der Waals surface area contributed by atoms with Crippen LogP contribution in [0, 0.1) is 6.92 Å². The number of rotatable bonds is 4. The topological polar surface area (TPSA) is 96.7 Å². The molecule has 0 spiro atoms. The number of carbonyl (C=O) groups excluding carboxylic acids is 1. The highest BCUT2D eigenvalue weighted by molar-refractivity contribution is 7.09. The quantitative estimate of drug-likeness (QED) is 0.746. The summed E-state index contributed by atoms with van der Waals surface area (Å²) in [4.78, 5) is 15.8. The van der Waals surface area contributed by atoms with E-state index in [9.17, 15) is 4.79 Å². The van der Waals surface area contributed by atoms with E-state index in [1.54, 1.807) is 24.5 Å². The van der Waals surface area contributed by atoms with Crippen LogP contribution in [0.25, 0.3) is 0 Å². The molecule has 0 aliphatic carbocycles. The normalized spacial score (nSPS) is 10.4. The maximum atomic E-state index is 11.7. The predicted octanol–water partition coefficient (Wildman–Crippen LogP) is 0.729. The van der Waals surface area contributed by atoms with Gasteiger partial charge in [0.2, 0.25) is 0 Å². The van der Waals surface area contributed by atoms with E-state index >= 15 is 0 Å². The number of aryl methyl sites for hydroxylation is 1. The Balaban J connectivity index is 1.87. The first-order valence-electron chi connectivity index (χ1n) is 5.15. The second-order valence-corrected chi connectivity index (χ2v) is 4.52. The van der Waals surface area contributed by atoms with Crippen molar-refractivity contribution in [3.05, 3.63) is 28.0 Å². The number of thiazole rings is 1. The molecule has 2 aromatic rings. The van der Waals surface area contributed by atoms with Gasteiger partial charge in [-0.2, -0.15) is 5.10 Å². The summed E-state index contributed by atoms with van der Waals surface area (Å²) in [6.45, 7) is 2.30. The lowest BCUT2D eigenvalue weighted by atomic mass is 10.3. The Bertz CT molecular complexity index is 505. The molecule has 0 saturated carbocycles. The molecule has 0 aromatic carbocycles. The Morgan fingerprint density at radius 1 is 1.65 bits per heavy atom. The standard InChI is InChI=1S/C10H13N5OS/c1-6-8(11)9(15-14-6)10(16)13-3-2-7-12-4-5-17-7/h4-5H,2-3,11H2,1H3,(H,13,16)(H,14,15). The van der Waals surface area contributed by atoms with E-state index in [2.05, 4.69) is 20.5 Å². The van der Waals surface area contributed by atoms with Crippen LogP contribution in [-0.4, -0.2) is 27.6 Å². The molecule has 2 aromatic heterocycles. The van der Waals surface area contributed by atoms with E-state index in [0.29, 0.717) is 24.3 Å². The van der Waals surface area contributed by atoms with Gasteiger partial charge in [0.1, 0.15) is 0 Å². The molecule has 4 N–H and O–H groups in total. The molecule has 0 atom stereocenters. The minimum absolute atomic E-state index is 0.252. The van der Waals surface area contributed by atoms with E-state index in [1.165, 1.54) is 0 Å². The van der Waals surface area contributed by atoms with E-state index in [1.807, 2.05) is 5.38 Å². The molecule has 7 heteroatoms. The van der Waals surface area contributed by atoms with Crippen molar-refractivity contribution in [2.45, 2.75) is 13.3 Å². The number of hydrogen-bond acceptors (Lipinski definition) is 5. The van der Waals surface area contributed by atoms with Crippen LogP contribution in [-0.2, 0) is 6.42 Å². The van der Waals surface area contributed by atoms with Crippen LogP contribution in [0.15, 0.2) is 11.6 Å². The number of aromatic nitrogens is 3. The molecule has 0 aliphatic heterocycles. The SMILES string of the molecule is Cc1[nH]nc(C(=O)NCCc2nccs2)c1N. The minimum Gasteiger partial charge on any atom is -0.395 e. The van der Waals surface area contributed by atoms with Crippen LogP contribution in [0.4, 0.5) is 5.69 Å². The molecule has 0 fully saturated rings. The highest BCUT2D eigenvalue weighted by atomic mass is 32.1. The van der Waals surface area contributed by atoms with Crippen LogP contribution in [0.1, 0.15) is 21.2 Å². The molecule has 90 valence electrons. The van der Waals surface area contributed by atoms with Gasteiger partial charge >= 0.3 is 0 Å². The summed E-state index contributed by atoms with van der Waals surface area (Å²) in [5.74, 6) is -0.261. The third-order valence-electron chi connectivity index (χ3n) is 2.32. The van der Waals surface area contributed by atoms with E-state index in [4.69, 9.17) is 5.73 Å². The van der Waals surface area contributed by atoms with Gasteiger partial charge in [-0.25, -0.2) is 4.98 Å². The average Bonchev–Trinajstić information content (AvgIpc) is 2.91. The molecule has 0 saturated heterocycles. The van der Waals surface area contributed by atoms with Gasteiger partial charge in [-0.1, -0.05) is 0 Å². The first-order valence-corrected chi connectivity index (χ1v) is 6.03. The van der Waals surface area contributed by atoms with E-state index in [0.717, 1.165) is 5.01 Å². The van der Waals surface area contributed by atoms with Crippen LogP contribution in [0.3, 0.4) is 0 Å². The monoisotopic (exact) mass is 251 g/mol. The summed E-state index contributed by atoms with van der Waals surface area (Å²) in [5, 5.41) is 12.2. The maximum Gasteiger partial charge on any atom is 0.273 e. The number of nitrogens with one attached hydrogen (secondary N) is 2. The van der Waals surface area contributed by atoms with Crippen molar-refractivity contribution in [2.75, 3.05) is 12.3 Å². The smallest absolute Gasteiger partial charge is 0.273 e. The number of hydrogen-bond donors (Lipinski definition) is 3. The van der Waals surface area contributed by atoms with Crippen molar-refractivity contribution >= 4 is 22.9 Å². The summed E-state index contributed by atoms with van der Waals surface area (Å²) >= 11 is 1.57. The van der Waals surface area contributed by atoms with E-state index < -0.39 is 0 Å². The Labute approximate surface area is 102 Å². The molecule has 0 bridgehead atoms. The fraction of sp³-hybridized carbons (Fsp3) is 0.300. The Hall–Kier alpha value is -1.89. The highest BCUT2D eigenvalue weighted by Crippen LogP contribution is 2.11. The first kappa shape index (κ1) is 11.6. The largest absolute Gasteiger partial charge is 0.395 e. The second kappa shape index (κ2) is 4.96. The Kier molecular flexibility index (Phi) is 3.38. The van der Waals surface area contributed by atoms with E-state index in [-0.39, 0.29) is 11.6 Å². The number of nitrogens with zero attached hydrogens (tertiary/aromatic N) is 2. The summed E-state index contributed by atoms with van der Waals surface area (Å²) in [5.41, 5.74) is 7.06. The Morgan fingerprint density at radius 3 is 3.06 bits per heavy atom. The molecular formula is C10H13N5OS. The fourth-order valence-electron chi connectivity index (χ4n) is 1.35. The zero-order valence-electron chi connectivity index (χ0n) is 9.36. The highest BCUT2D eigenvalue weighted by Gasteiger charge is 2.14. The van der Waals surface area contributed by atoms with Crippen LogP contribution >= 0.6 is 11.3 Å². The zero-order chi connectivity index (χ0) is 12.3. The van der Waals surface area contributed by atoms with Crippen LogP contribution in [0.2, 0.25) is 0 Å². The van der Waals surface area contributed by atoms with Crippen LogP contribution in [0.5, 0.6) is 0 Å². The Morgan fingerprint density at radius 2 is 2.47 bits per heavy atom. The lowest BCUT2D eigenvalue weighted by Crippen LogP contribution is -2.26. The number of nitrogen functional groups attached to an aromatic ring is 1. The molecule has 6 nitrogen and oxygen atoms in total. The number of carbonyl (C=O) groups is 1. The third kappa shape index (κ3) is 2.62. The summed E-state index contributed by atoms with van der Waals surface area (Å²) in [7, 11) is 0. The molecule has 2 rings (SSSR count). The van der Waals surface area contributed by atoms with Gasteiger partial charge in [0.05, 0.1) is 16.4 Å². The van der Waals surface area contributed by atoms with Gasteiger partial charge < -0.3 is 11.1 Å². The lowest BCUT2D eigenvalue weighted by Gasteiger charge is -2.01. The van der Waals surface area contributed by atoms with Crippen molar-refractivity contribution in [1.29, 1.82) is 0 Å². The molecule has 2 heterocycles. The van der Waals surface area contributed by atoms with Gasteiger partial charge in [-0.15, -0.1) is 11.3 Å². The number of anilines is 1. The summed E-state index contributed by atoms with van der Waals surface area (Å²) < 4.78 is 0. The fourth-order valence-corrected chi connectivity index (χ4v) is 1.97. The third-order valence-corrected chi connectivity index (χ3v) is 3.16. The molecule has 0 unspecified atom stereocenters. The number of amides is 1. The molecular weight excluding hydrogens is 238 g/mol. The van der Waals surface area contributed by atoms with Gasteiger partial charge in [-0.05, 0) is 6.92 Å². The van der Waals surface area contributed by atoms with Gasteiger partial charge in [0.25, 0.3) is 5.91 Å². The zero-order valence-corrected chi connectivity index (χ0v) is 10.2. The second-order valence-electron chi connectivity index (χ2n) is 3.54. The van der Waals surface area contributed by atoms with Gasteiger partial charge in [0.15, 0.2) is 5.69 Å². The van der Waals surface area contributed by atoms with Gasteiger partial charge in [-0.3, -0.25) is 9.89 Å². The predicted molar refractivity (Wildman–Crippen MR) is 65.9 cm³/mol. The molecule has 17 heavy (non-hydrogen) atoms. The molecule has 1 amide bonds. The molecule has 0 radical (unpaired) electrons. The van der Waals surface area contributed by atoms with Crippen molar-refractivity contribution < 1.29 is 4.79 Å². The van der Waals surface area contributed by atoms with Crippen LogP contribution < -0.4 is 11.1 Å². The van der Waals surface area contributed by atoms with Gasteiger partial charge in [0, 0.05) is 24.5 Å². The maximum absolute atomic E-state index is 11.7. The lowest BCUT2D eigenvalue weighted by molar-refractivity contribution is 0.0950. The van der Waals surface area contributed by atoms with Crippen molar-refractivity contribution in [3.63, 3.8) is 0 Å². The number of aromatic amines is 1. The number of H-pyrrole nitrogens is 1. The summed E-state index contributed by atoms with van der Waals surface area (Å²) in [6, 6.07) is 0. The van der Waals surface area contributed by atoms with Crippen molar-refractivity contribution in [2.24, 2.45) is 0 Å². The minimum atomic E-state index is -0.261. The number of nitrogens with two attached hydrogens (primary N) is 1. The molecule has 0 aliphatic rings. The summed E-state index contributed by atoms with van der Waals surface area (Å²) in [6.07, 6.45) is 2.46. The first-order chi connectivity index (χ1) is 8.18. The van der Waals surface area contributed by atoms with Crippen molar-refractivity contribution in [1.82, 2.24) is 20.5 Å². The average molecular weight is 251 g/mol.